The molecule has 2 N–H and O–H groups in total. The maximum atomic E-state index is 11.0. The Kier molecular flexibility index (Phi) is 3.72. The van der Waals surface area contributed by atoms with Crippen molar-refractivity contribution in [3.05, 3.63) is 51.9 Å². The number of carboxylic acids is 1. The largest absolute Gasteiger partial charge is 0.478 e. The van der Waals surface area contributed by atoms with Crippen molar-refractivity contribution >= 4 is 27.6 Å². The van der Waals surface area contributed by atoms with E-state index in [4.69, 9.17) is 9.52 Å². The molecule has 0 aliphatic carbocycles. The molecule has 1 aromatic heterocycles. The minimum atomic E-state index is -0.920. The van der Waals surface area contributed by atoms with Gasteiger partial charge in [0, 0.05) is 5.69 Å². The van der Waals surface area contributed by atoms with Gasteiger partial charge in [0.05, 0.1) is 12.1 Å². The molecule has 0 unspecified atom stereocenters. The maximum absolute atomic E-state index is 11.0. The minimum absolute atomic E-state index is 0.306. The van der Waals surface area contributed by atoms with Gasteiger partial charge in [-0.05, 0) is 52.7 Å². The zero-order valence-corrected chi connectivity index (χ0v) is 11.3. The average molecular weight is 310 g/mol. The second-order valence-corrected chi connectivity index (χ2v) is 4.62. The molecule has 0 bridgehead atoms. The van der Waals surface area contributed by atoms with E-state index in [0.717, 1.165) is 17.0 Å². The molecule has 0 fully saturated rings. The molecular formula is C13H12BrNO3. The lowest BCUT2D eigenvalue weighted by Crippen LogP contribution is -2.05. The standard InChI is InChI=1S/C13H12BrNO3/c1-8-10(13(16)17)3-2-4-11(8)15-7-9-5-6-12(14)18-9/h2-6,15H,7H2,1H3,(H,16,17). The van der Waals surface area contributed by atoms with E-state index in [1.54, 1.807) is 19.1 Å². The van der Waals surface area contributed by atoms with Crippen molar-refractivity contribution in [2.45, 2.75) is 13.5 Å². The molecule has 0 amide bonds. The molecule has 1 heterocycles. The van der Waals surface area contributed by atoms with Gasteiger partial charge < -0.3 is 14.8 Å². The summed E-state index contributed by atoms with van der Waals surface area (Å²) in [4.78, 5) is 11.0. The predicted octanol–water partition coefficient (Wildman–Crippen LogP) is 3.66. The van der Waals surface area contributed by atoms with Gasteiger partial charge >= 0.3 is 5.97 Å². The van der Waals surface area contributed by atoms with Crippen molar-refractivity contribution in [2.75, 3.05) is 5.32 Å². The Bertz CT molecular complexity index is 577. The van der Waals surface area contributed by atoms with Crippen LogP contribution in [0, 0.1) is 6.92 Å². The summed E-state index contributed by atoms with van der Waals surface area (Å²) in [5.74, 6) is -0.140. The molecule has 0 atom stereocenters. The molecular weight excluding hydrogens is 298 g/mol. The van der Waals surface area contributed by atoms with E-state index in [2.05, 4.69) is 21.2 Å². The fourth-order valence-corrected chi connectivity index (χ4v) is 2.03. The Hall–Kier alpha value is -1.75. The van der Waals surface area contributed by atoms with E-state index in [0.29, 0.717) is 16.8 Å². The summed E-state index contributed by atoms with van der Waals surface area (Å²) in [7, 11) is 0. The molecule has 1 aromatic carbocycles. The molecule has 0 radical (unpaired) electrons. The van der Waals surface area contributed by atoms with Crippen molar-refractivity contribution in [2.24, 2.45) is 0 Å². The number of nitrogens with one attached hydrogen (secondary N) is 1. The van der Waals surface area contributed by atoms with E-state index in [1.165, 1.54) is 0 Å². The van der Waals surface area contributed by atoms with Crippen LogP contribution in [0.5, 0.6) is 0 Å². The molecule has 0 spiro atoms. The highest BCUT2D eigenvalue weighted by molar-refractivity contribution is 9.10. The van der Waals surface area contributed by atoms with Gasteiger partial charge in [-0.3, -0.25) is 0 Å². The van der Waals surface area contributed by atoms with Crippen LogP contribution < -0.4 is 5.32 Å². The van der Waals surface area contributed by atoms with Crippen molar-refractivity contribution < 1.29 is 14.3 Å². The summed E-state index contributed by atoms with van der Waals surface area (Å²) in [6, 6.07) is 8.83. The van der Waals surface area contributed by atoms with Crippen molar-refractivity contribution in [3.8, 4) is 0 Å². The topological polar surface area (TPSA) is 62.5 Å². The summed E-state index contributed by atoms with van der Waals surface area (Å²) in [6.45, 7) is 2.29. The highest BCUT2D eigenvalue weighted by atomic mass is 79.9. The van der Waals surface area contributed by atoms with Gasteiger partial charge in [0.2, 0.25) is 0 Å². The molecule has 94 valence electrons. The quantitative estimate of drug-likeness (QED) is 0.904. The minimum Gasteiger partial charge on any atom is -0.478 e. The number of carboxylic acid groups (broad SMARTS) is 1. The molecule has 0 saturated carbocycles. The Labute approximate surface area is 113 Å². The highest BCUT2D eigenvalue weighted by Gasteiger charge is 2.10. The summed E-state index contributed by atoms with van der Waals surface area (Å²) in [5, 5.41) is 12.2. The molecule has 0 aliphatic rings. The maximum Gasteiger partial charge on any atom is 0.336 e. The highest BCUT2D eigenvalue weighted by Crippen LogP contribution is 2.21. The zero-order chi connectivity index (χ0) is 13.1. The van der Waals surface area contributed by atoms with Gasteiger partial charge in [0.25, 0.3) is 0 Å². The Morgan fingerprint density at radius 2 is 2.17 bits per heavy atom. The number of benzene rings is 1. The van der Waals surface area contributed by atoms with Crippen LogP contribution in [0.15, 0.2) is 39.4 Å². The molecule has 2 aromatic rings. The average Bonchev–Trinajstić information content (AvgIpc) is 2.73. The predicted molar refractivity (Wildman–Crippen MR) is 71.9 cm³/mol. The number of rotatable bonds is 4. The number of halogens is 1. The fourth-order valence-electron chi connectivity index (χ4n) is 1.69. The lowest BCUT2D eigenvalue weighted by atomic mass is 10.1. The molecule has 2 rings (SSSR count). The monoisotopic (exact) mass is 309 g/mol. The summed E-state index contributed by atoms with van der Waals surface area (Å²) >= 11 is 3.23. The number of aromatic carboxylic acids is 1. The third-order valence-electron chi connectivity index (χ3n) is 2.65. The smallest absolute Gasteiger partial charge is 0.336 e. The number of carbonyl (C=O) groups is 1. The SMILES string of the molecule is Cc1c(NCc2ccc(Br)o2)cccc1C(=O)O. The fraction of sp³-hybridized carbons (Fsp3) is 0.154. The first-order valence-corrected chi connectivity index (χ1v) is 6.18. The Morgan fingerprint density at radius 3 is 2.78 bits per heavy atom. The van der Waals surface area contributed by atoms with E-state index >= 15 is 0 Å². The third kappa shape index (κ3) is 2.73. The molecule has 0 saturated heterocycles. The normalized spacial score (nSPS) is 10.3. The van der Waals surface area contributed by atoms with Gasteiger partial charge in [-0.25, -0.2) is 4.79 Å². The molecule has 18 heavy (non-hydrogen) atoms. The Morgan fingerprint density at radius 1 is 1.39 bits per heavy atom. The number of hydrogen-bond donors (Lipinski definition) is 2. The van der Waals surface area contributed by atoms with E-state index in [1.807, 2.05) is 18.2 Å². The van der Waals surface area contributed by atoms with Gasteiger partial charge in [-0.1, -0.05) is 6.07 Å². The van der Waals surface area contributed by atoms with E-state index < -0.39 is 5.97 Å². The second kappa shape index (κ2) is 5.27. The van der Waals surface area contributed by atoms with E-state index in [9.17, 15) is 4.79 Å². The van der Waals surface area contributed by atoms with Gasteiger partial charge in [0.1, 0.15) is 5.76 Å². The van der Waals surface area contributed by atoms with Crippen LogP contribution in [0.1, 0.15) is 21.7 Å². The molecule has 5 heteroatoms. The van der Waals surface area contributed by atoms with Gasteiger partial charge in [-0.15, -0.1) is 0 Å². The molecule has 0 aliphatic heterocycles. The number of hydrogen-bond acceptors (Lipinski definition) is 3. The van der Waals surface area contributed by atoms with E-state index in [-0.39, 0.29) is 0 Å². The summed E-state index contributed by atoms with van der Waals surface area (Å²) < 4.78 is 6.04. The van der Waals surface area contributed by atoms with Crippen LogP contribution in [0.4, 0.5) is 5.69 Å². The third-order valence-corrected chi connectivity index (χ3v) is 3.07. The molecule has 4 nitrogen and oxygen atoms in total. The van der Waals surface area contributed by atoms with Crippen molar-refractivity contribution in [3.63, 3.8) is 0 Å². The lowest BCUT2D eigenvalue weighted by Gasteiger charge is -2.10. The van der Waals surface area contributed by atoms with Gasteiger partial charge in [-0.2, -0.15) is 0 Å². The first kappa shape index (κ1) is 12.7. The summed E-state index contributed by atoms with van der Waals surface area (Å²) in [6.07, 6.45) is 0. The van der Waals surface area contributed by atoms with Crippen molar-refractivity contribution in [1.82, 2.24) is 0 Å². The van der Waals surface area contributed by atoms with Crippen molar-refractivity contribution in [1.29, 1.82) is 0 Å². The van der Waals surface area contributed by atoms with Crippen LogP contribution in [-0.4, -0.2) is 11.1 Å². The van der Waals surface area contributed by atoms with Crippen LogP contribution in [0.3, 0.4) is 0 Å². The van der Waals surface area contributed by atoms with Crippen LogP contribution in [0.2, 0.25) is 0 Å². The first-order chi connectivity index (χ1) is 8.58. The Balaban J connectivity index is 2.14. The lowest BCUT2D eigenvalue weighted by molar-refractivity contribution is 0.0696. The first-order valence-electron chi connectivity index (χ1n) is 5.39. The number of furan rings is 1. The van der Waals surface area contributed by atoms with Crippen LogP contribution in [-0.2, 0) is 6.54 Å². The van der Waals surface area contributed by atoms with Crippen LogP contribution >= 0.6 is 15.9 Å². The summed E-state index contributed by atoms with van der Waals surface area (Å²) in [5.41, 5.74) is 1.82. The van der Waals surface area contributed by atoms with Crippen LogP contribution in [0.25, 0.3) is 0 Å². The zero-order valence-electron chi connectivity index (χ0n) is 9.74. The number of anilines is 1. The second-order valence-electron chi connectivity index (χ2n) is 3.84. The van der Waals surface area contributed by atoms with Gasteiger partial charge in [0.15, 0.2) is 4.67 Å².